The van der Waals surface area contributed by atoms with Crippen molar-refractivity contribution < 1.29 is 18.8 Å². The van der Waals surface area contributed by atoms with Gasteiger partial charge in [0.2, 0.25) is 0 Å². The lowest BCUT2D eigenvalue weighted by atomic mass is 10.4. The van der Waals surface area contributed by atoms with Crippen molar-refractivity contribution in [2.45, 2.75) is 32.4 Å². The van der Waals surface area contributed by atoms with E-state index in [4.69, 9.17) is 14.0 Å². The van der Waals surface area contributed by atoms with Crippen molar-refractivity contribution in [1.29, 1.82) is 0 Å². The molecule has 0 spiro atoms. The Morgan fingerprint density at radius 1 is 1.31 bits per heavy atom. The van der Waals surface area contributed by atoms with Crippen LogP contribution in [0.4, 0.5) is 4.79 Å². The number of amides is 1. The second kappa shape index (κ2) is 7.64. The third-order valence-corrected chi connectivity index (χ3v) is 6.60. The molecule has 0 atom stereocenters. The van der Waals surface area contributed by atoms with E-state index in [2.05, 4.69) is 0 Å². The van der Waals surface area contributed by atoms with Crippen molar-refractivity contribution in [3.8, 4) is 0 Å². The maximum Gasteiger partial charge on any atom is 0.407 e. The van der Waals surface area contributed by atoms with Crippen molar-refractivity contribution in [2.75, 3.05) is 27.3 Å². The van der Waals surface area contributed by atoms with E-state index >= 15 is 0 Å². The maximum atomic E-state index is 10.8. The van der Waals surface area contributed by atoms with Crippen molar-refractivity contribution >= 4 is 14.7 Å². The highest BCUT2D eigenvalue weighted by Gasteiger charge is 2.32. The Morgan fingerprint density at radius 3 is 2.19 bits per heavy atom. The molecule has 0 heterocycles. The summed E-state index contributed by atoms with van der Waals surface area (Å²) in [6.07, 6.45) is -0.0666. The van der Waals surface area contributed by atoms with Gasteiger partial charge in [0.1, 0.15) is 0 Å². The molecule has 0 radical (unpaired) electrons. The molecule has 0 aliphatic rings. The highest BCUT2D eigenvalue weighted by molar-refractivity contribution is 6.67. The smallest absolute Gasteiger partial charge is 0.407 e. The highest BCUT2D eigenvalue weighted by Crippen LogP contribution is 2.19. The minimum atomic E-state index is -2.05. The van der Waals surface area contributed by atoms with Gasteiger partial charge in [-0.2, -0.15) is 0 Å². The monoisotopic (exact) mass is 249 g/mol. The van der Waals surface area contributed by atoms with Crippen LogP contribution >= 0.6 is 0 Å². The topological polar surface area (TPSA) is 59.0 Å². The third kappa shape index (κ3) is 4.50. The highest BCUT2D eigenvalue weighted by atomic mass is 28.4. The largest absolute Gasteiger partial charge is 0.465 e. The summed E-state index contributed by atoms with van der Waals surface area (Å²) in [6.45, 7) is 4.96. The summed E-state index contributed by atoms with van der Waals surface area (Å²) in [5, 5.41) is 8.85. The van der Waals surface area contributed by atoms with Gasteiger partial charge in [-0.1, -0.05) is 6.92 Å². The zero-order chi connectivity index (χ0) is 12.6. The van der Waals surface area contributed by atoms with Crippen LogP contribution in [0.3, 0.4) is 0 Å². The van der Waals surface area contributed by atoms with E-state index in [1.54, 1.807) is 14.2 Å². The molecule has 0 bridgehead atoms. The lowest BCUT2D eigenvalue weighted by molar-refractivity contribution is 0.147. The summed E-state index contributed by atoms with van der Waals surface area (Å²) < 4.78 is 10.9. The number of hydrogen-bond donors (Lipinski definition) is 1. The van der Waals surface area contributed by atoms with Crippen LogP contribution in [0.1, 0.15) is 20.3 Å². The van der Waals surface area contributed by atoms with Crippen molar-refractivity contribution in [3.63, 3.8) is 0 Å². The fraction of sp³-hybridized carbons (Fsp3) is 0.900. The molecule has 6 heteroatoms. The van der Waals surface area contributed by atoms with E-state index < -0.39 is 14.7 Å². The Balaban J connectivity index is 4.07. The van der Waals surface area contributed by atoms with Crippen LogP contribution in [0.25, 0.3) is 0 Å². The normalized spacial score (nSPS) is 11.5. The molecule has 16 heavy (non-hydrogen) atoms. The lowest BCUT2D eigenvalue weighted by Gasteiger charge is -2.27. The zero-order valence-corrected chi connectivity index (χ0v) is 11.7. The van der Waals surface area contributed by atoms with Gasteiger partial charge in [-0.05, 0) is 25.4 Å². The Hall–Kier alpha value is -0.593. The SMILES string of the molecule is CCN(CCC[Si](CC)(OC)OC)C(=O)O. The van der Waals surface area contributed by atoms with Crippen molar-refractivity contribution in [1.82, 2.24) is 4.90 Å². The van der Waals surface area contributed by atoms with Gasteiger partial charge in [0.15, 0.2) is 0 Å². The number of hydrogen-bond acceptors (Lipinski definition) is 3. The van der Waals surface area contributed by atoms with E-state index in [1.807, 2.05) is 13.8 Å². The molecule has 0 aromatic carbocycles. The zero-order valence-electron chi connectivity index (χ0n) is 10.7. The molecule has 0 saturated carbocycles. The van der Waals surface area contributed by atoms with E-state index in [0.717, 1.165) is 18.5 Å². The van der Waals surface area contributed by atoms with Crippen LogP contribution in [0.15, 0.2) is 0 Å². The quantitative estimate of drug-likeness (QED) is 0.669. The van der Waals surface area contributed by atoms with Crippen LogP contribution in [0, 0.1) is 0 Å². The molecule has 1 amide bonds. The molecule has 0 rings (SSSR count). The number of carboxylic acid groups (broad SMARTS) is 1. The molecule has 96 valence electrons. The number of rotatable bonds is 8. The average Bonchev–Trinajstić information content (AvgIpc) is 2.30. The molecular formula is C10H23NO4Si. The summed E-state index contributed by atoms with van der Waals surface area (Å²) in [4.78, 5) is 12.2. The predicted molar refractivity (Wildman–Crippen MR) is 64.9 cm³/mol. The van der Waals surface area contributed by atoms with Gasteiger partial charge in [-0.25, -0.2) is 4.79 Å². The van der Waals surface area contributed by atoms with E-state index in [9.17, 15) is 4.79 Å². The molecule has 0 fully saturated rings. The predicted octanol–water partition coefficient (Wildman–Crippen LogP) is 2.13. The minimum absolute atomic E-state index is 0.524. The fourth-order valence-electron chi connectivity index (χ4n) is 1.68. The number of nitrogens with zero attached hydrogens (tertiary/aromatic N) is 1. The first-order chi connectivity index (χ1) is 7.55. The lowest BCUT2D eigenvalue weighted by Crippen LogP contribution is -2.40. The first-order valence-electron chi connectivity index (χ1n) is 5.63. The summed E-state index contributed by atoms with van der Waals surface area (Å²) in [6, 6.07) is 1.72. The number of carbonyl (C=O) groups is 1. The van der Waals surface area contributed by atoms with Gasteiger partial charge < -0.3 is 18.9 Å². The van der Waals surface area contributed by atoms with Crippen molar-refractivity contribution in [3.05, 3.63) is 0 Å². The van der Waals surface area contributed by atoms with Crippen LogP contribution < -0.4 is 0 Å². The maximum absolute atomic E-state index is 10.8. The fourth-order valence-corrected chi connectivity index (χ4v) is 3.88. The first-order valence-corrected chi connectivity index (χ1v) is 7.86. The second-order valence-corrected chi connectivity index (χ2v) is 7.48. The Kier molecular flexibility index (Phi) is 7.36. The molecule has 1 N–H and O–H groups in total. The van der Waals surface area contributed by atoms with Crippen LogP contribution in [0.5, 0.6) is 0 Å². The third-order valence-electron chi connectivity index (χ3n) is 2.92. The van der Waals surface area contributed by atoms with Gasteiger partial charge in [0.25, 0.3) is 0 Å². The standard InChI is InChI=1S/C10H23NO4Si/c1-5-11(10(12)13)8-7-9-16(6-2,14-3)15-4/h5-9H2,1-4H3,(H,12,13). The second-order valence-electron chi connectivity index (χ2n) is 3.64. The van der Waals surface area contributed by atoms with Crippen LogP contribution in [-0.4, -0.2) is 52.0 Å². The summed E-state index contributed by atoms with van der Waals surface area (Å²) in [7, 11) is 1.30. The van der Waals surface area contributed by atoms with E-state index in [0.29, 0.717) is 13.1 Å². The molecule has 0 unspecified atom stereocenters. The Morgan fingerprint density at radius 2 is 1.88 bits per heavy atom. The van der Waals surface area contributed by atoms with E-state index in [1.165, 1.54) is 4.90 Å². The summed E-state index contributed by atoms with van der Waals surface area (Å²) in [5.41, 5.74) is 0. The summed E-state index contributed by atoms with van der Waals surface area (Å²) in [5.74, 6) is 0. The van der Waals surface area contributed by atoms with Gasteiger partial charge in [-0.15, -0.1) is 0 Å². The minimum Gasteiger partial charge on any atom is -0.465 e. The molecule has 0 aromatic heterocycles. The van der Waals surface area contributed by atoms with Gasteiger partial charge in [0, 0.05) is 27.3 Å². The Bertz CT molecular complexity index is 201. The van der Waals surface area contributed by atoms with Gasteiger partial charge >= 0.3 is 14.7 Å². The van der Waals surface area contributed by atoms with Gasteiger partial charge in [-0.3, -0.25) is 0 Å². The first kappa shape index (κ1) is 15.4. The Labute approximate surface area is 98.6 Å². The molecule has 0 aromatic rings. The average molecular weight is 249 g/mol. The van der Waals surface area contributed by atoms with Crippen LogP contribution in [-0.2, 0) is 8.85 Å². The molecule has 0 saturated heterocycles. The molecule has 0 aliphatic heterocycles. The van der Waals surface area contributed by atoms with Crippen LogP contribution in [0.2, 0.25) is 12.1 Å². The molecule has 0 aliphatic carbocycles. The van der Waals surface area contributed by atoms with Gasteiger partial charge in [0.05, 0.1) is 0 Å². The molecule has 5 nitrogen and oxygen atoms in total. The summed E-state index contributed by atoms with van der Waals surface area (Å²) >= 11 is 0. The van der Waals surface area contributed by atoms with E-state index in [-0.39, 0.29) is 0 Å². The van der Waals surface area contributed by atoms with Crippen molar-refractivity contribution in [2.24, 2.45) is 0 Å². The molecular weight excluding hydrogens is 226 g/mol.